The van der Waals surface area contributed by atoms with Gasteiger partial charge in [0.1, 0.15) is 5.65 Å². The van der Waals surface area contributed by atoms with Crippen molar-refractivity contribution in [3.8, 4) is 0 Å². The molecule has 0 atom stereocenters. The number of nitrogens with one attached hydrogen (secondary N) is 1. The number of imidazole rings is 1. The van der Waals surface area contributed by atoms with Crippen LogP contribution < -0.4 is 5.32 Å². The number of amides is 1. The summed E-state index contributed by atoms with van der Waals surface area (Å²) in [7, 11) is 1.66. The normalized spacial score (nSPS) is 16.0. The zero-order valence-electron chi connectivity index (χ0n) is 14.1. The minimum Gasteiger partial charge on any atom is -0.383 e. The van der Waals surface area contributed by atoms with Crippen LogP contribution in [0, 0.1) is 0 Å². The second-order valence-corrected chi connectivity index (χ2v) is 6.02. The van der Waals surface area contributed by atoms with E-state index in [-0.39, 0.29) is 5.91 Å². The minimum atomic E-state index is 0.165. The third kappa shape index (κ3) is 4.31. The molecule has 3 heterocycles. The SMILES string of the molecule is COCCNCC(=O)N1CCN(Cc2cn3ccccc3n2)CC1. The number of fused-ring (bicyclic) bond motifs is 1. The number of hydrogen-bond donors (Lipinski definition) is 1. The molecule has 1 aliphatic rings. The molecular formula is C17H25N5O2. The van der Waals surface area contributed by atoms with Crippen LogP contribution in [0.25, 0.3) is 5.65 Å². The van der Waals surface area contributed by atoms with Crippen molar-refractivity contribution in [3.63, 3.8) is 0 Å². The average Bonchev–Trinajstić information content (AvgIpc) is 3.01. The topological polar surface area (TPSA) is 62.1 Å². The number of nitrogens with zero attached hydrogens (tertiary/aromatic N) is 4. The summed E-state index contributed by atoms with van der Waals surface area (Å²) < 4.78 is 7.00. The average molecular weight is 331 g/mol. The summed E-state index contributed by atoms with van der Waals surface area (Å²) in [6.07, 6.45) is 4.09. The van der Waals surface area contributed by atoms with Crippen LogP contribution in [0.2, 0.25) is 0 Å². The predicted molar refractivity (Wildman–Crippen MR) is 91.8 cm³/mol. The van der Waals surface area contributed by atoms with E-state index in [1.54, 1.807) is 7.11 Å². The molecule has 2 aromatic heterocycles. The number of ether oxygens (including phenoxy) is 1. The van der Waals surface area contributed by atoms with Crippen LogP contribution in [-0.4, -0.2) is 78.1 Å². The van der Waals surface area contributed by atoms with Gasteiger partial charge in [-0.15, -0.1) is 0 Å². The Hall–Kier alpha value is -1.96. The Balaban J connectivity index is 1.44. The Morgan fingerprint density at radius 1 is 1.29 bits per heavy atom. The van der Waals surface area contributed by atoms with E-state index in [1.165, 1.54) is 0 Å². The summed E-state index contributed by atoms with van der Waals surface area (Å²) in [6, 6.07) is 6.01. The first-order valence-electron chi connectivity index (χ1n) is 8.38. The van der Waals surface area contributed by atoms with Crippen molar-refractivity contribution < 1.29 is 9.53 Å². The van der Waals surface area contributed by atoms with E-state index >= 15 is 0 Å². The Bertz CT molecular complexity index is 631. The van der Waals surface area contributed by atoms with Crippen LogP contribution in [0.15, 0.2) is 30.6 Å². The molecule has 1 fully saturated rings. The van der Waals surface area contributed by atoms with Crippen molar-refractivity contribution >= 4 is 11.6 Å². The monoisotopic (exact) mass is 331 g/mol. The van der Waals surface area contributed by atoms with E-state index in [2.05, 4.69) is 21.4 Å². The molecular weight excluding hydrogens is 306 g/mol. The maximum Gasteiger partial charge on any atom is 0.236 e. The van der Waals surface area contributed by atoms with Crippen LogP contribution in [0.3, 0.4) is 0 Å². The Morgan fingerprint density at radius 3 is 2.88 bits per heavy atom. The van der Waals surface area contributed by atoms with E-state index in [4.69, 9.17) is 4.74 Å². The molecule has 0 bridgehead atoms. The molecule has 0 spiro atoms. The van der Waals surface area contributed by atoms with E-state index in [0.29, 0.717) is 19.7 Å². The first-order valence-corrected chi connectivity index (χ1v) is 8.38. The zero-order valence-corrected chi connectivity index (χ0v) is 14.1. The first kappa shape index (κ1) is 16.9. The number of carbonyl (C=O) groups is 1. The van der Waals surface area contributed by atoms with Gasteiger partial charge in [-0.25, -0.2) is 4.98 Å². The van der Waals surface area contributed by atoms with Crippen LogP contribution in [0.1, 0.15) is 5.69 Å². The highest BCUT2D eigenvalue weighted by molar-refractivity contribution is 5.78. The fourth-order valence-corrected chi connectivity index (χ4v) is 2.93. The summed E-state index contributed by atoms with van der Waals surface area (Å²) in [5.74, 6) is 0.165. The van der Waals surface area contributed by atoms with Gasteiger partial charge in [0.05, 0.1) is 18.8 Å². The number of rotatable bonds is 7. The number of methoxy groups -OCH3 is 1. The van der Waals surface area contributed by atoms with E-state index in [0.717, 1.165) is 44.1 Å². The quantitative estimate of drug-likeness (QED) is 0.735. The molecule has 0 aromatic carbocycles. The highest BCUT2D eigenvalue weighted by atomic mass is 16.5. The second kappa shape index (κ2) is 8.23. The molecule has 1 N–H and O–H groups in total. The molecule has 0 saturated carbocycles. The van der Waals surface area contributed by atoms with Gasteiger partial charge in [-0.05, 0) is 12.1 Å². The number of hydrogen-bond acceptors (Lipinski definition) is 5. The van der Waals surface area contributed by atoms with Crippen molar-refractivity contribution in [3.05, 3.63) is 36.3 Å². The lowest BCUT2D eigenvalue weighted by Crippen LogP contribution is -2.50. The molecule has 0 radical (unpaired) electrons. The smallest absolute Gasteiger partial charge is 0.236 e. The van der Waals surface area contributed by atoms with E-state index in [9.17, 15) is 4.79 Å². The zero-order chi connectivity index (χ0) is 16.8. The predicted octanol–water partition coefficient (Wildman–Crippen LogP) is 0.215. The molecule has 130 valence electrons. The summed E-state index contributed by atoms with van der Waals surface area (Å²) in [6.45, 7) is 5.87. The molecule has 1 saturated heterocycles. The van der Waals surface area contributed by atoms with Crippen molar-refractivity contribution in [2.24, 2.45) is 0 Å². The third-order valence-electron chi connectivity index (χ3n) is 4.28. The highest BCUT2D eigenvalue weighted by Gasteiger charge is 2.21. The van der Waals surface area contributed by atoms with E-state index < -0.39 is 0 Å². The maximum atomic E-state index is 12.1. The summed E-state index contributed by atoms with van der Waals surface area (Å²) >= 11 is 0. The molecule has 3 rings (SSSR count). The fourth-order valence-electron chi connectivity index (χ4n) is 2.93. The molecule has 7 nitrogen and oxygen atoms in total. The second-order valence-electron chi connectivity index (χ2n) is 6.02. The van der Waals surface area contributed by atoms with Crippen LogP contribution in [0.4, 0.5) is 0 Å². The molecule has 2 aromatic rings. The van der Waals surface area contributed by atoms with Gasteiger partial charge in [-0.2, -0.15) is 0 Å². The summed E-state index contributed by atoms with van der Waals surface area (Å²) in [5, 5.41) is 3.11. The lowest BCUT2D eigenvalue weighted by molar-refractivity contribution is -0.132. The van der Waals surface area contributed by atoms with Crippen molar-refractivity contribution in [2.45, 2.75) is 6.54 Å². The van der Waals surface area contributed by atoms with Crippen molar-refractivity contribution in [2.75, 3.05) is 53.0 Å². The van der Waals surface area contributed by atoms with Crippen molar-refractivity contribution in [1.29, 1.82) is 0 Å². The molecule has 1 aliphatic heterocycles. The number of piperazine rings is 1. The van der Waals surface area contributed by atoms with Gasteiger partial charge in [0.15, 0.2) is 0 Å². The highest BCUT2D eigenvalue weighted by Crippen LogP contribution is 2.10. The number of pyridine rings is 1. The fraction of sp³-hybridized carbons (Fsp3) is 0.529. The molecule has 0 unspecified atom stereocenters. The van der Waals surface area contributed by atoms with Gasteiger partial charge in [0.25, 0.3) is 0 Å². The lowest BCUT2D eigenvalue weighted by Gasteiger charge is -2.34. The third-order valence-corrected chi connectivity index (χ3v) is 4.28. The van der Waals surface area contributed by atoms with Gasteiger partial charge in [0.2, 0.25) is 5.91 Å². The van der Waals surface area contributed by atoms with Crippen LogP contribution in [-0.2, 0) is 16.1 Å². The lowest BCUT2D eigenvalue weighted by atomic mass is 10.3. The van der Waals surface area contributed by atoms with Gasteiger partial charge in [-0.3, -0.25) is 9.69 Å². The van der Waals surface area contributed by atoms with Gasteiger partial charge in [0, 0.05) is 58.8 Å². The molecule has 1 amide bonds. The number of carbonyl (C=O) groups excluding carboxylic acids is 1. The minimum absolute atomic E-state index is 0.165. The molecule has 7 heteroatoms. The standard InChI is InChI=1S/C17H25N5O2/c1-24-11-5-18-12-17(23)21-9-7-20(8-10-21)13-15-14-22-6-3-2-4-16(22)19-15/h2-4,6,14,18H,5,7-13H2,1H3. The van der Waals surface area contributed by atoms with Crippen LogP contribution in [0.5, 0.6) is 0 Å². The number of aromatic nitrogens is 2. The first-order chi connectivity index (χ1) is 11.8. The molecule has 0 aliphatic carbocycles. The van der Waals surface area contributed by atoms with E-state index in [1.807, 2.05) is 33.7 Å². The van der Waals surface area contributed by atoms with Gasteiger partial charge >= 0.3 is 0 Å². The maximum absolute atomic E-state index is 12.1. The van der Waals surface area contributed by atoms with Gasteiger partial charge in [-0.1, -0.05) is 6.07 Å². The van der Waals surface area contributed by atoms with Gasteiger partial charge < -0.3 is 19.4 Å². The Kier molecular flexibility index (Phi) is 5.79. The van der Waals surface area contributed by atoms with Crippen molar-refractivity contribution in [1.82, 2.24) is 24.5 Å². The van der Waals surface area contributed by atoms with Crippen LogP contribution >= 0.6 is 0 Å². The molecule has 24 heavy (non-hydrogen) atoms. The largest absolute Gasteiger partial charge is 0.383 e. The Morgan fingerprint density at radius 2 is 2.12 bits per heavy atom. The summed E-state index contributed by atoms with van der Waals surface area (Å²) in [5.41, 5.74) is 2.05. The Labute approximate surface area is 142 Å². The summed E-state index contributed by atoms with van der Waals surface area (Å²) in [4.78, 5) is 21.1.